The van der Waals surface area contributed by atoms with Gasteiger partial charge in [0.2, 0.25) is 0 Å². The van der Waals surface area contributed by atoms with Crippen LogP contribution in [-0.2, 0) is 0 Å². The summed E-state index contributed by atoms with van der Waals surface area (Å²) in [6.07, 6.45) is 0. The Kier molecular flexibility index (Phi) is 3.24. The van der Waals surface area contributed by atoms with Crippen LogP contribution in [0.4, 0.5) is 5.69 Å². The topological polar surface area (TPSA) is 46.2 Å². The van der Waals surface area contributed by atoms with Crippen LogP contribution >= 0.6 is 15.9 Å². The summed E-state index contributed by atoms with van der Waals surface area (Å²) < 4.78 is 0.968. The average molecular weight is 364 g/mol. The lowest BCUT2D eigenvalue weighted by atomic mass is 9.92. The molecule has 2 nitrogen and oxygen atoms in total. The lowest BCUT2D eigenvalue weighted by Crippen LogP contribution is -1.91. The third-order valence-corrected chi connectivity index (χ3v) is 4.66. The minimum Gasteiger partial charge on any atom is -0.505 e. The molecule has 23 heavy (non-hydrogen) atoms. The number of anilines is 1. The zero-order valence-corrected chi connectivity index (χ0v) is 13.8. The molecule has 0 saturated heterocycles. The number of hydrogen-bond acceptors (Lipinski definition) is 2. The van der Waals surface area contributed by atoms with Gasteiger partial charge in [0, 0.05) is 10.0 Å². The Hall–Kier alpha value is -2.52. The maximum absolute atomic E-state index is 10.7. The van der Waals surface area contributed by atoms with Crippen LogP contribution in [0.3, 0.4) is 0 Å². The number of fused-ring (bicyclic) bond motifs is 2. The summed E-state index contributed by atoms with van der Waals surface area (Å²) in [4.78, 5) is 0. The van der Waals surface area contributed by atoms with Crippen molar-refractivity contribution in [2.24, 2.45) is 0 Å². The second-order valence-corrected chi connectivity index (χ2v) is 6.50. The summed E-state index contributed by atoms with van der Waals surface area (Å²) in [5.41, 5.74) is 8.19. The Morgan fingerprint density at radius 3 is 2.43 bits per heavy atom. The lowest BCUT2D eigenvalue weighted by molar-refractivity contribution is 0.481. The van der Waals surface area contributed by atoms with E-state index >= 15 is 0 Å². The van der Waals surface area contributed by atoms with Crippen LogP contribution in [0.1, 0.15) is 0 Å². The van der Waals surface area contributed by atoms with Crippen molar-refractivity contribution in [1.82, 2.24) is 0 Å². The quantitative estimate of drug-likeness (QED) is 0.336. The van der Waals surface area contributed by atoms with Gasteiger partial charge in [0.15, 0.2) is 0 Å². The third-order valence-electron chi connectivity index (χ3n) is 4.16. The molecule has 0 saturated carbocycles. The highest BCUT2D eigenvalue weighted by Gasteiger charge is 2.15. The van der Waals surface area contributed by atoms with Crippen LogP contribution in [0, 0.1) is 0 Å². The minimum absolute atomic E-state index is 0.131. The number of hydrogen-bond donors (Lipinski definition) is 2. The molecule has 0 radical (unpaired) electrons. The summed E-state index contributed by atoms with van der Waals surface area (Å²) in [6, 6.07) is 22.1. The first-order valence-corrected chi connectivity index (χ1v) is 8.13. The van der Waals surface area contributed by atoms with Crippen molar-refractivity contribution in [3.63, 3.8) is 0 Å². The van der Waals surface area contributed by atoms with E-state index in [0.29, 0.717) is 5.69 Å². The van der Waals surface area contributed by atoms with Crippen molar-refractivity contribution in [3.05, 3.63) is 71.2 Å². The highest BCUT2D eigenvalue weighted by Crippen LogP contribution is 2.43. The van der Waals surface area contributed by atoms with Crippen LogP contribution in [0.5, 0.6) is 5.75 Å². The number of benzene rings is 4. The van der Waals surface area contributed by atoms with Crippen molar-refractivity contribution in [2.45, 2.75) is 0 Å². The molecule has 0 amide bonds. The highest BCUT2D eigenvalue weighted by atomic mass is 79.9. The van der Waals surface area contributed by atoms with Gasteiger partial charge in [0.25, 0.3) is 0 Å². The first-order chi connectivity index (χ1) is 11.1. The molecule has 0 unspecified atom stereocenters. The third kappa shape index (κ3) is 2.25. The average Bonchev–Trinajstić information content (AvgIpc) is 2.56. The first kappa shape index (κ1) is 14.1. The second kappa shape index (κ2) is 5.28. The summed E-state index contributed by atoms with van der Waals surface area (Å²) in [6.45, 7) is 0. The molecule has 0 atom stereocenters. The van der Waals surface area contributed by atoms with Crippen molar-refractivity contribution in [2.75, 3.05) is 5.73 Å². The van der Waals surface area contributed by atoms with Gasteiger partial charge in [-0.1, -0.05) is 64.5 Å². The Morgan fingerprint density at radius 2 is 1.57 bits per heavy atom. The molecule has 0 aliphatic heterocycles. The summed E-state index contributed by atoms with van der Waals surface area (Å²) >= 11 is 3.52. The lowest BCUT2D eigenvalue weighted by Gasteiger charge is -2.14. The molecule has 0 aromatic heterocycles. The normalized spacial score (nSPS) is 11.2. The van der Waals surface area contributed by atoms with E-state index in [1.165, 1.54) is 0 Å². The summed E-state index contributed by atoms with van der Waals surface area (Å²) in [5, 5.41) is 14.9. The first-order valence-electron chi connectivity index (χ1n) is 7.34. The number of aromatic hydroxyl groups is 1. The van der Waals surface area contributed by atoms with E-state index in [2.05, 4.69) is 34.1 Å². The van der Waals surface area contributed by atoms with Gasteiger partial charge < -0.3 is 10.8 Å². The van der Waals surface area contributed by atoms with Gasteiger partial charge in [-0.3, -0.25) is 0 Å². The van der Waals surface area contributed by atoms with E-state index in [4.69, 9.17) is 5.73 Å². The highest BCUT2D eigenvalue weighted by molar-refractivity contribution is 9.10. The molecule has 3 N–H and O–H groups in total. The monoisotopic (exact) mass is 363 g/mol. The minimum atomic E-state index is 0.131. The van der Waals surface area contributed by atoms with Gasteiger partial charge in [-0.25, -0.2) is 0 Å². The molecule has 0 aliphatic carbocycles. The largest absolute Gasteiger partial charge is 0.505 e. The van der Waals surface area contributed by atoms with Crippen LogP contribution in [0.25, 0.3) is 32.7 Å². The van der Waals surface area contributed by atoms with E-state index < -0.39 is 0 Å². The second-order valence-electron chi connectivity index (χ2n) is 5.58. The van der Waals surface area contributed by atoms with Crippen molar-refractivity contribution in [3.8, 4) is 16.9 Å². The smallest absolute Gasteiger partial charge is 0.146 e. The predicted octanol–water partition coefficient (Wildman–Crippen LogP) is 5.71. The molecule has 0 bridgehead atoms. The fraction of sp³-hybridized carbons (Fsp3) is 0. The number of rotatable bonds is 1. The number of phenolic OH excluding ortho intramolecular Hbond substituents is 1. The molecular weight excluding hydrogens is 350 g/mol. The zero-order valence-electron chi connectivity index (χ0n) is 12.3. The number of halogens is 1. The maximum atomic E-state index is 10.7. The molecule has 4 aromatic rings. The predicted molar refractivity (Wildman–Crippen MR) is 101 cm³/mol. The molecular formula is C20H14BrNO. The summed E-state index contributed by atoms with van der Waals surface area (Å²) in [7, 11) is 0. The van der Waals surface area contributed by atoms with E-state index in [0.717, 1.165) is 37.1 Å². The zero-order chi connectivity index (χ0) is 16.0. The standard InChI is InChI=1S/C20H14BrNO/c21-14-9-8-13-10-18(22)20(23)19(17(13)11-14)16-7-3-5-12-4-1-2-6-15(12)16/h1-11,23H,22H2. The van der Waals surface area contributed by atoms with E-state index in [1.54, 1.807) is 0 Å². The molecule has 0 spiro atoms. The van der Waals surface area contributed by atoms with Crippen LogP contribution in [-0.4, -0.2) is 5.11 Å². The van der Waals surface area contributed by atoms with Crippen LogP contribution < -0.4 is 5.73 Å². The molecule has 0 aliphatic rings. The number of nitrogen functional groups attached to an aromatic ring is 1. The van der Waals surface area contributed by atoms with Gasteiger partial charge in [0.1, 0.15) is 5.75 Å². The fourth-order valence-corrected chi connectivity index (χ4v) is 3.46. The van der Waals surface area contributed by atoms with Gasteiger partial charge in [-0.05, 0) is 45.3 Å². The molecule has 112 valence electrons. The number of nitrogens with two attached hydrogens (primary N) is 1. The van der Waals surface area contributed by atoms with E-state index in [-0.39, 0.29) is 5.75 Å². The Balaban J connectivity index is 2.20. The van der Waals surface area contributed by atoms with Gasteiger partial charge >= 0.3 is 0 Å². The van der Waals surface area contributed by atoms with Gasteiger partial charge in [-0.2, -0.15) is 0 Å². The molecule has 4 aromatic carbocycles. The number of phenols is 1. The van der Waals surface area contributed by atoms with Crippen molar-refractivity contribution < 1.29 is 5.11 Å². The van der Waals surface area contributed by atoms with E-state index in [1.807, 2.05) is 48.5 Å². The molecule has 0 heterocycles. The maximum Gasteiger partial charge on any atom is 0.146 e. The van der Waals surface area contributed by atoms with Crippen molar-refractivity contribution in [1.29, 1.82) is 0 Å². The Bertz CT molecular complexity index is 1050. The van der Waals surface area contributed by atoms with Crippen LogP contribution in [0.15, 0.2) is 71.2 Å². The molecule has 3 heteroatoms. The molecule has 0 fully saturated rings. The van der Waals surface area contributed by atoms with Gasteiger partial charge in [-0.15, -0.1) is 0 Å². The summed E-state index contributed by atoms with van der Waals surface area (Å²) in [5.74, 6) is 0.131. The van der Waals surface area contributed by atoms with Crippen molar-refractivity contribution >= 4 is 43.2 Å². The van der Waals surface area contributed by atoms with Gasteiger partial charge in [0.05, 0.1) is 5.69 Å². The SMILES string of the molecule is Nc1cc2ccc(Br)cc2c(-c2cccc3ccccc23)c1O. The Morgan fingerprint density at radius 1 is 0.783 bits per heavy atom. The van der Waals surface area contributed by atoms with E-state index in [9.17, 15) is 5.11 Å². The Labute approximate surface area is 142 Å². The van der Waals surface area contributed by atoms with Crippen LogP contribution in [0.2, 0.25) is 0 Å². The molecule has 4 rings (SSSR count). The fourth-order valence-electron chi connectivity index (χ4n) is 3.09.